The average molecular weight is 167 g/mol. The summed E-state index contributed by atoms with van der Waals surface area (Å²) in [7, 11) is 0. The fourth-order valence-electron chi connectivity index (χ4n) is 1.51. The highest BCUT2D eigenvalue weighted by atomic mass is 19.1. The van der Waals surface area contributed by atoms with Gasteiger partial charge >= 0.3 is 0 Å². The molecule has 0 aromatic heterocycles. The highest BCUT2D eigenvalue weighted by Crippen LogP contribution is 2.31. The SMILES string of the molecule is Oc1c(F)ccc2c1CCCN2. The van der Waals surface area contributed by atoms with Crippen molar-refractivity contribution < 1.29 is 9.50 Å². The van der Waals surface area contributed by atoms with E-state index in [0.717, 1.165) is 25.1 Å². The standard InChI is InChI=1S/C9H10FNO/c10-7-3-4-8-6(9(7)12)2-1-5-11-8/h3-4,11-12H,1-2,5H2. The van der Waals surface area contributed by atoms with Gasteiger partial charge in [0.1, 0.15) is 0 Å². The number of anilines is 1. The van der Waals surface area contributed by atoms with E-state index < -0.39 is 5.82 Å². The minimum atomic E-state index is -0.530. The molecule has 0 fully saturated rings. The molecule has 0 radical (unpaired) electrons. The molecule has 0 aliphatic carbocycles. The summed E-state index contributed by atoms with van der Waals surface area (Å²) in [5.74, 6) is -0.725. The summed E-state index contributed by atoms with van der Waals surface area (Å²) >= 11 is 0. The van der Waals surface area contributed by atoms with Crippen LogP contribution in [0.3, 0.4) is 0 Å². The third-order valence-electron chi connectivity index (χ3n) is 2.15. The van der Waals surface area contributed by atoms with Crippen LogP contribution in [0.15, 0.2) is 12.1 Å². The summed E-state index contributed by atoms with van der Waals surface area (Å²) < 4.78 is 12.8. The zero-order chi connectivity index (χ0) is 8.55. The second kappa shape index (κ2) is 2.66. The first-order valence-electron chi connectivity index (χ1n) is 4.03. The number of hydrogen-bond donors (Lipinski definition) is 2. The van der Waals surface area contributed by atoms with E-state index in [4.69, 9.17) is 0 Å². The van der Waals surface area contributed by atoms with Gasteiger partial charge in [-0.15, -0.1) is 0 Å². The van der Waals surface area contributed by atoms with Gasteiger partial charge in [0.05, 0.1) is 0 Å². The Hall–Kier alpha value is -1.25. The van der Waals surface area contributed by atoms with Crippen LogP contribution in [0, 0.1) is 5.82 Å². The van der Waals surface area contributed by atoms with E-state index in [2.05, 4.69) is 5.32 Å². The first kappa shape index (κ1) is 7.40. The number of phenolic OH excluding ortho intramolecular Hbond substituents is 1. The predicted molar refractivity (Wildman–Crippen MR) is 44.9 cm³/mol. The minimum Gasteiger partial charge on any atom is -0.505 e. The number of phenols is 1. The van der Waals surface area contributed by atoms with E-state index in [9.17, 15) is 9.50 Å². The molecule has 3 heteroatoms. The van der Waals surface area contributed by atoms with E-state index in [0.29, 0.717) is 5.56 Å². The van der Waals surface area contributed by atoms with Crippen molar-refractivity contribution in [3.8, 4) is 5.75 Å². The lowest BCUT2D eigenvalue weighted by Gasteiger charge is -2.18. The number of rotatable bonds is 0. The molecule has 1 aromatic rings. The van der Waals surface area contributed by atoms with Crippen LogP contribution in [0.2, 0.25) is 0 Å². The zero-order valence-corrected chi connectivity index (χ0v) is 6.60. The first-order chi connectivity index (χ1) is 5.79. The molecule has 12 heavy (non-hydrogen) atoms. The van der Waals surface area contributed by atoms with Gasteiger partial charge in [0.15, 0.2) is 11.6 Å². The summed E-state index contributed by atoms with van der Waals surface area (Å²) in [5, 5.41) is 12.4. The first-order valence-corrected chi connectivity index (χ1v) is 4.03. The quantitative estimate of drug-likeness (QED) is 0.618. The lowest BCUT2D eigenvalue weighted by atomic mass is 10.0. The number of benzene rings is 1. The van der Waals surface area contributed by atoms with Crippen molar-refractivity contribution >= 4 is 5.69 Å². The monoisotopic (exact) mass is 167 g/mol. The molecule has 1 aliphatic heterocycles. The average Bonchev–Trinajstić information content (AvgIpc) is 2.12. The van der Waals surface area contributed by atoms with Crippen molar-refractivity contribution in [2.45, 2.75) is 12.8 Å². The van der Waals surface area contributed by atoms with Crippen LogP contribution in [-0.2, 0) is 6.42 Å². The van der Waals surface area contributed by atoms with Gasteiger partial charge in [-0.05, 0) is 25.0 Å². The molecular formula is C9H10FNO. The van der Waals surface area contributed by atoms with E-state index in [-0.39, 0.29) is 5.75 Å². The van der Waals surface area contributed by atoms with E-state index in [1.54, 1.807) is 6.07 Å². The van der Waals surface area contributed by atoms with Gasteiger partial charge < -0.3 is 10.4 Å². The van der Waals surface area contributed by atoms with Crippen molar-refractivity contribution in [2.24, 2.45) is 0 Å². The van der Waals surface area contributed by atoms with Crippen LogP contribution >= 0.6 is 0 Å². The van der Waals surface area contributed by atoms with E-state index in [1.807, 2.05) is 0 Å². The summed E-state index contributed by atoms with van der Waals surface area (Å²) in [6.07, 6.45) is 1.70. The molecular weight excluding hydrogens is 157 g/mol. The molecule has 0 spiro atoms. The number of halogens is 1. The molecule has 1 aliphatic rings. The normalized spacial score (nSPS) is 15.1. The third-order valence-corrected chi connectivity index (χ3v) is 2.15. The van der Waals surface area contributed by atoms with Crippen molar-refractivity contribution in [1.82, 2.24) is 0 Å². The largest absolute Gasteiger partial charge is 0.505 e. The summed E-state index contributed by atoms with van der Waals surface area (Å²) in [5.41, 5.74) is 1.57. The Balaban J connectivity index is 2.54. The molecule has 0 amide bonds. The maximum absolute atomic E-state index is 12.8. The molecule has 0 unspecified atom stereocenters. The van der Waals surface area contributed by atoms with Gasteiger partial charge in [-0.2, -0.15) is 0 Å². The highest BCUT2D eigenvalue weighted by molar-refractivity contribution is 5.58. The number of aromatic hydroxyl groups is 1. The van der Waals surface area contributed by atoms with Gasteiger partial charge in [-0.3, -0.25) is 0 Å². The molecule has 0 bridgehead atoms. The fraction of sp³-hybridized carbons (Fsp3) is 0.333. The molecule has 2 nitrogen and oxygen atoms in total. The highest BCUT2D eigenvalue weighted by Gasteiger charge is 2.14. The van der Waals surface area contributed by atoms with Gasteiger partial charge in [-0.25, -0.2) is 4.39 Å². The van der Waals surface area contributed by atoms with Gasteiger partial charge in [0.2, 0.25) is 0 Å². The van der Waals surface area contributed by atoms with Gasteiger partial charge in [0.25, 0.3) is 0 Å². The van der Waals surface area contributed by atoms with Crippen LogP contribution in [0.1, 0.15) is 12.0 Å². The minimum absolute atomic E-state index is 0.195. The predicted octanol–water partition coefficient (Wildman–Crippen LogP) is 1.89. The second-order valence-electron chi connectivity index (χ2n) is 2.95. The molecule has 0 atom stereocenters. The van der Waals surface area contributed by atoms with Crippen molar-refractivity contribution in [3.63, 3.8) is 0 Å². The second-order valence-corrected chi connectivity index (χ2v) is 2.95. The fourth-order valence-corrected chi connectivity index (χ4v) is 1.51. The third kappa shape index (κ3) is 1.02. The number of hydrogen-bond acceptors (Lipinski definition) is 2. The molecule has 2 N–H and O–H groups in total. The Morgan fingerprint density at radius 1 is 1.42 bits per heavy atom. The molecule has 64 valence electrons. The Kier molecular flexibility index (Phi) is 1.64. The van der Waals surface area contributed by atoms with Crippen molar-refractivity contribution in [2.75, 3.05) is 11.9 Å². The Morgan fingerprint density at radius 3 is 3.08 bits per heavy atom. The Morgan fingerprint density at radius 2 is 2.25 bits per heavy atom. The van der Waals surface area contributed by atoms with Gasteiger partial charge in [-0.1, -0.05) is 0 Å². The molecule has 0 saturated heterocycles. The maximum Gasteiger partial charge on any atom is 0.165 e. The lowest BCUT2D eigenvalue weighted by molar-refractivity contribution is 0.425. The molecule has 1 aromatic carbocycles. The number of nitrogens with one attached hydrogen (secondary N) is 1. The molecule has 2 rings (SSSR count). The lowest BCUT2D eigenvalue weighted by Crippen LogP contribution is -2.11. The number of fused-ring (bicyclic) bond motifs is 1. The summed E-state index contributed by atoms with van der Waals surface area (Å²) in [6, 6.07) is 2.95. The summed E-state index contributed by atoms with van der Waals surface area (Å²) in [6.45, 7) is 0.901. The Labute approximate surface area is 70.0 Å². The molecule has 0 saturated carbocycles. The van der Waals surface area contributed by atoms with Gasteiger partial charge in [0, 0.05) is 17.8 Å². The van der Waals surface area contributed by atoms with Crippen LogP contribution in [0.5, 0.6) is 5.75 Å². The van der Waals surface area contributed by atoms with Crippen LogP contribution in [0.25, 0.3) is 0 Å². The van der Waals surface area contributed by atoms with Crippen LogP contribution in [0.4, 0.5) is 10.1 Å². The van der Waals surface area contributed by atoms with Crippen LogP contribution in [-0.4, -0.2) is 11.7 Å². The smallest absolute Gasteiger partial charge is 0.165 e. The van der Waals surface area contributed by atoms with Crippen molar-refractivity contribution in [3.05, 3.63) is 23.5 Å². The Bertz CT molecular complexity index is 312. The topological polar surface area (TPSA) is 32.3 Å². The van der Waals surface area contributed by atoms with E-state index in [1.165, 1.54) is 6.07 Å². The molecule has 1 heterocycles. The van der Waals surface area contributed by atoms with E-state index >= 15 is 0 Å². The maximum atomic E-state index is 12.8. The van der Waals surface area contributed by atoms with Crippen molar-refractivity contribution in [1.29, 1.82) is 0 Å². The zero-order valence-electron chi connectivity index (χ0n) is 6.60. The van der Waals surface area contributed by atoms with Crippen LogP contribution < -0.4 is 5.32 Å². The summed E-state index contributed by atoms with van der Waals surface area (Å²) in [4.78, 5) is 0.